The van der Waals surface area contributed by atoms with Crippen molar-refractivity contribution in [2.24, 2.45) is 0 Å². The molecule has 0 spiro atoms. The molecular weight excluding hydrogens is 416 g/mol. The Labute approximate surface area is 185 Å². The van der Waals surface area contributed by atoms with Crippen LogP contribution in [0.1, 0.15) is 35.2 Å². The summed E-state index contributed by atoms with van der Waals surface area (Å²) in [6.45, 7) is -0.306. The van der Waals surface area contributed by atoms with Crippen LogP contribution in [0.2, 0.25) is 0 Å². The second-order valence-corrected chi connectivity index (χ2v) is 8.10. The first-order valence-electron chi connectivity index (χ1n) is 10.5. The normalized spacial score (nSPS) is 21.9. The van der Waals surface area contributed by atoms with E-state index in [2.05, 4.69) is 6.07 Å². The largest absolute Gasteiger partial charge is 0.488 e. The van der Waals surface area contributed by atoms with Crippen molar-refractivity contribution in [1.29, 1.82) is 5.26 Å². The summed E-state index contributed by atoms with van der Waals surface area (Å²) in [4.78, 5) is 28.6. The lowest BCUT2D eigenvalue weighted by atomic mass is 10.1. The number of benzene rings is 2. The fraction of sp³-hybridized carbons (Fsp3) is 0.375. The van der Waals surface area contributed by atoms with Crippen molar-refractivity contribution in [1.82, 2.24) is 9.80 Å². The predicted molar refractivity (Wildman–Crippen MR) is 112 cm³/mol. The molecule has 2 aromatic carbocycles. The van der Waals surface area contributed by atoms with Crippen LogP contribution in [0.25, 0.3) is 0 Å². The summed E-state index contributed by atoms with van der Waals surface area (Å²) in [5, 5.41) is 9.28. The van der Waals surface area contributed by atoms with Crippen LogP contribution in [0.5, 0.6) is 5.75 Å². The van der Waals surface area contributed by atoms with Crippen molar-refractivity contribution in [2.45, 2.75) is 43.9 Å². The average Bonchev–Trinajstić information content (AvgIpc) is 3.41. The fourth-order valence-electron chi connectivity index (χ4n) is 4.27. The number of nitrogens with zero attached hydrogens (tertiary/aromatic N) is 3. The summed E-state index contributed by atoms with van der Waals surface area (Å²) in [5.74, 6) is -4.20. The van der Waals surface area contributed by atoms with Gasteiger partial charge in [-0.2, -0.15) is 5.26 Å². The standard InChI is InChI=1S/C24H23F2N3O3/c25-24(26)13-20(23(31)28-12-6-9-18(28)14-27)29(16-24)22(30)19-10-4-5-11-21(19)32-15-17-7-2-1-3-8-17/h1-5,7-8,10-11,18,20H,6,9,12-13,15-16H2/t18?,20-/m0/s1. The highest BCUT2D eigenvalue weighted by atomic mass is 19.3. The third-order valence-corrected chi connectivity index (χ3v) is 5.86. The number of para-hydroxylation sites is 1. The molecule has 0 bridgehead atoms. The zero-order valence-corrected chi connectivity index (χ0v) is 17.4. The maximum absolute atomic E-state index is 14.4. The Morgan fingerprint density at radius 2 is 1.81 bits per heavy atom. The van der Waals surface area contributed by atoms with E-state index in [0.717, 1.165) is 10.5 Å². The van der Waals surface area contributed by atoms with Gasteiger partial charge in [-0.15, -0.1) is 0 Å². The molecule has 2 aliphatic rings. The van der Waals surface area contributed by atoms with Crippen LogP contribution in [0.15, 0.2) is 54.6 Å². The Hall–Kier alpha value is -3.47. The first-order valence-corrected chi connectivity index (χ1v) is 10.5. The predicted octanol–water partition coefficient (Wildman–Crippen LogP) is 3.63. The van der Waals surface area contributed by atoms with Gasteiger partial charge in [0, 0.05) is 13.0 Å². The van der Waals surface area contributed by atoms with Gasteiger partial charge in [0.25, 0.3) is 11.8 Å². The molecule has 6 nitrogen and oxygen atoms in total. The first kappa shape index (κ1) is 21.8. The van der Waals surface area contributed by atoms with Gasteiger partial charge < -0.3 is 14.5 Å². The van der Waals surface area contributed by atoms with Crippen LogP contribution in [-0.2, 0) is 11.4 Å². The maximum atomic E-state index is 14.4. The molecule has 0 aromatic heterocycles. The van der Waals surface area contributed by atoms with Crippen molar-refractivity contribution < 1.29 is 23.1 Å². The zero-order valence-electron chi connectivity index (χ0n) is 17.4. The molecule has 32 heavy (non-hydrogen) atoms. The summed E-state index contributed by atoms with van der Waals surface area (Å²) in [5.41, 5.74) is 1.02. The van der Waals surface area contributed by atoms with E-state index in [1.165, 1.54) is 11.0 Å². The molecule has 2 fully saturated rings. The molecule has 0 aliphatic carbocycles. The molecule has 2 atom stereocenters. The van der Waals surface area contributed by atoms with Gasteiger partial charge >= 0.3 is 0 Å². The highest BCUT2D eigenvalue weighted by Gasteiger charge is 2.52. The van der Waals surface area contributed by atoms with Gasteiger partial charge in [0.15, 0.2) is 0 Å². The van der Waals surface area contributed by atoms with Gasteiger partial charge in [0.1, 0.15) is 24.4 Å². The molecule has 2 saturated heterocycles. The van der Waals surface area contributed by atoms with Crippen LogP contribution >= 0.6 is 0 Å². The number of ether oxygens (including phenoxy) is 1. The lowest BCUT2D eigenvalue weighted by Crippen LogP contribution is -2.49. The van der Waals surface area contributed by atoms with Gasteiger partial charge in [0.05, 0.1) is 18.2 Å². The SMILES string of the molecule is N#CC1CCCN1C(=O)[C@@H]1CC(F)(F)CN1C(=O)c1ccccc1OCc1ccccc1. The highest BCUT2D eigenvalue weighted by Crippen LogP contribution is 2.36. The first-order chi connectivity index (χ1) is 15.4. The van der Waals surface area contributed by atoms with E-state index in [-0.39, 0.29) is 17.9 Å². The Morgan fingerprint density at radius 3 is 2.56 bits per heavy atom. The summed E-state index contributed by atoms with van der Waals surface area (Å²) < 4.78 is 34.5. The number of nitriles is 1. The molecule has 166 valence electrons. The molecule has 4 rings (SSSR count). The van der Waals surface area contributed by atoms with E-state index in [1.54, 1.807) is 18.2 Å². The van der Waals surface area contributed by atoms with Crippen molar-refractivity contribution >= 4 is 11.8 Å². The third-order valence-electron chi connectivity index (χ3n) is 5.86. The number of carbonyl (C=O) groups excluding carboxylic acids is 2. The molecule has 2 aliphatic heterocycles. The number of hydrogen-bond acceptors (Lipinski definition) is 4. The van der Waals surface area contributed by atoms with Crippen LogP contribution in [0, 0.1) is 11.3 Å². The molecule has 1 unspecified atom stereocenters. The summed E-state index contributed by atoms with van der Waals surface area (Å²) >= 11 is 0. The van der Waals surface area contributed by atoms with Gasteiger partial charge in [-0.3, -0.25) is 9.59 Å². The van der Waals surface area contributed by atoms with Crippen LogP contribution in [0.4, 0.5) is 8.78 Å². The van der Waals surface area contributed by atoms with Crippen molar-refractivity contribution in [3.63, 3.8) is 0 Å². The second-order valence-electron chi connectivity index (χ2n) is 8.10. The molecule has 8 heteroatoms. The van der Waals surface area contributed by atoms with Crippen molar-refractivity contribution in [3.05, 3.63) is 65.7 Å². The van der Waals surface area contributed by atoms with Gasteiger partial charge in [0.2, 0.25) is 5.91 Å². The van der Waals surface area contributed by atoms with E-state index in [1.807, 2.05) is 30.3 Å². The Balaban J connectivity index is 1.57. The number of amides is 2. The Morgan fingerprint density at radius 1 is 1.09 bits per heavy atom. The van der Waals surface area contributed by atoms with Crippen molar-refractivity contribution in [3.8, 4) is 11.8 Å². The second kappa shape index (κ2) is 8.95. The van der Waals surface area contributed by atoms with Gasteiger partial charge in [-0.25, -0.2) is 8.78 Å². The van der Waals surface area contributed by atoms with Crippen molar-refractivity contribution in [2.75, 3.05) is 13.1 Å². The van der Waals surface area contributed by atoms with E-state index in [4.69, 9.17) is 4.74 Å². The fourth-order valence-corrected chi connectivity index (χ4v) is 4.27. The number of carbonyl (C=O) groups is 2. The molecule has 0 radical (unpaired) electrons. The number of rotatable bonds is 5. The number of alkyl halides is 2. The van der Waals surface area contributed by atoms with E-state index < -0.39 is 42.8 Å². The quantitative estimate of drug-likeness (QED) is 0.713. The molecule has 2 heterocycles. The summed E-state index contributed by atoms with van der Waals surface area (Å²) in [6, 6.07) is 15.9. The smallest absolute Gasteiger partial charge is 0.267 e. The maximum Gasteiger partial charge on any atom is 0.267 e. The van der Waals surface area contributed by atoms with Gasteiger partial charge in [-0.1, -0.05) is 42.5 Å². The molecule has 0 saturated carbocycles. The molecular formula is C24H23F2N3O3. The highest BCUT2D eigenvalue weighted by molar-refractivity contribution is 6.00. The van der Waals surface area contributed by atoms with E-state index >= 15 is 0 Å². The number of halogens is 2. The lowest BCUT2D eigenvalue weighted by Gasteiger charge is -2.29. The topological polar surface area (TPSA) is 73.6 Å². The minimum atomic E-state index is -3.18. The lowest BCUT2D eigenvalue weighted by molar-refractivity contribution is -0.135. The van der Waals surface area contributed by atoms with Crippen LogP contribution < -0.4 is 4.74 Å². The van der Waals surface area contributed by atoms with Crippen LogP contribution in [-0.4, -0.2) is 52.7 Å². The number of likely N-dealkylation sites (tertiary alicyclic amines) is 2. The summed E-state index contributed by atoms with van der Waals surface area (Å²) in [7, 11) is 0. The van der Waals surface area contributed by atoms with E-state index in [0.29, 0.717) is 19.4 Å². The van der Waals surface area contributed by atoms with E-state index in [9.17, 15) is 23.6 Å². The molecule has 2 aromatic rings. The average molecular weight is 439 g/mol. The Bertz CT molecular complexity index is 1040. The third kappa shape index (κ3) is 4.42. The van der Waals surface area contributed by atoms with Crippen LogP contribution in [0.3, 0.4) is 0 Å². The monoisotopic (exact) mass is 439 g/mol. The number of hydrogen-bond donors (Lipinski definition) is 0. The Kier molecular flexibility index (Phi) is 6.08. The minimum Gasteiger partial charge on any atom is -0.488 e. The minimum absolute atomic E-state index is 0.122. The van der Waals surface area contributed by atoms with Gasteiger partial charge in [-0.05, 0) is 30.5 Å². The molecule has 2 amide bonds. The molecule has 0 N–H and O–H groups in total. The summed E-state index contributed by atoms with van der Waals surface area (Å²) in [6.07, 6.45) is 0.395. The zero-order chi connectivity index (χ0) is 22.7.